The van der Waals surface area contributed by atoms with Crippen LogP contribution < -0.4 is 5.32 Å². The molecule has 3 aromatic rings. The van der Waals surface area contributed by atoms with Gasteiger partial charge in [-0.1, -0.05) is 5.21 Å². The first-order chi connectivity index (χ1) is 11.1. The fourth-order valence-corrected chi connectivity index (χ4v) is 2.36. The number of rotatable bonds is 4. The summed E-state index contributed by atoms with van der Waals surface area (Å²) >= 11 is 0. The van der Waals surface area contributed by atoms with Crippen molar-refractivity contribution in [1.29, 1.82) is 0 Å². The van der Waals surface area contributed by atoms with Crippen LogP contribution in [0.3, 0.4) is 0 Å². The molecule has 0 saturated carbocycles. The summed E-state index contributed by atoms with van der Waals surface area (Å²) in [5.74, 6) is -1.83. The Kier molecular flexibility index (Phi) is 3.88. The average Bonchev–Trinajstić information content (AvgIpc) is 3.17. The summed E-state index contributed by atoms with van der Waals surface area (Å²) in [7, 11) is 0. The number of nitrogens with one attached hydrogen (secondary N) is 2. The number of carbonyl (C=O) groups is 1. The van der Waals surface area contributed by atoms with E-state index in [0.717, 1.165) is 0 Å². The van der Waals surface area contributed by atoms with Gasteiger partial charge in [-0.25, -0.2) is 8.78 Å². The first kappa shape index (κ1) is 14.9. The SMILES string of the molecule is CC(=O)NC(c1cc(F)c(-n2cccc2)c(F)c1)c1c[nH]nn1. The molecule has 1 aromatic carbocycles. The highest BCUT2D eigenvalue weighted by Gasteiger charge is 2.22. The third-order valence-electron chi connectivity index (χ3n) is 3.31. The van der Waals surface area contributed by atoms with Crippen molar-refractivity contribution in [3.05, 3.63) is 65.7 Å². The monoisotopic (exact) mass is 317 g/mol. The van der Waals surface area contributed by atoms with Crippen LogP contribution in [0.15, 0.2) is 42.9 Å². The van der Waals surface area contributed by atoms with Crippen molar-refractivity contribution in [1.82, 2.24) is 25.3 Å². The van der Waals surface area contributed by atoms with Crippen LogP contribution in [-0.2, 0) is 4.79 Å². The fourth-order valence-electron chi connectivity index (χ4n) is 2.36. The molecule has 118 valence electrons. The lowest BCUT2D eigenvalue weighted by Gasteiger charge is -2.17. The lowest BCUT2D eigenvalue weighted by atomic mass is 10.0. The highest BCUT2D eigenvalue weighted by Crippen LogP contribution is 2.26. The number of aromatic amines is 1. The molecule has 0 aliphatic rings. The molecule has 0 aliphatic carbocycles. The molecule has 8 heteroatoms. The Labute approximate surface area is 130 Å². The van der Waals surface area contributed by atoms with Crippen molar-refractivity contribution >= 4 is 5.91 Å². The second-order valence-electron chi connectivity index (χ2n) is 4.96. The lowest BCUT2D eigenvalue weighted by Crippen LogP contribution is -2.27. The molecule has 0 fully saturated rings. The number of hydrogen-bond acceptors (Lipinski definition) is 3. The second kappa shape index (κ2) is 5.99. The van der Waals surface area contributed by atoms with Crippen LogP contribution >= 0.6 is 0 Å². The molecular formula is C15H13F2N5O. The zero-order valence-corrected chi connectivity index (χ0v) is 12.1. The molecule has 1 atom stereocenters. The van der Waals surface area contributed by atoms with E-state index < -0.39 is 17.7 Å². The molecule has 2 N–H and O–H groups in total. The van der Waals surface area contributed by atoms with Crippen LogP contribution in [0.1, 0.15) is 24.2 Å². The van der Waals surface area contributed by atoms with Gasteiger partial charge in [0, 0.05) is 25.5 Å². The first-order valence-corrected chi connectivity index (χ1v) is 6.82. The Morgan fingerprint density at radius 2 is 1.91 bits per heavy atom. The Balaban J connectivity index is 2.06. The summed E-state index contributed by atoms with van der Waals surface area (Å²) in [4.78, 5) is 11.4. The van der Waals surface area contributed by atoms with Gasteiger partial charge in [-0.3, -0.25) is 9.89 Å². The molecule has 1 amide bonds. The largest absolute Gasteiger partial charge is 0.344 e. The fraction of sp³-hybridized carbons (Fsp3) is 0.133. The van der Waals surface area contributed by atoms with Crippen LogP contribution in [-0.4, -0.2) is 25.9 Å². The van der Waals surface area contributed by atoms with E-state index >= 15 is 0 Å². The third kappa shape index (κ3) is 2.96. The van der Waals surface area contributed by atoms with Gasteiger partial charge in [0.15, 0.2) is 11.6 Å². The maximum Gasteiger partial charge on any atom is 0.217 e. The Bertz CT molecular complexity index is 792. The van der Waals surface area contributed by atoms with Crippen molar-refractivity contribution in [2.75, 3.05) is 0 Å². The molecule has 0 bridgehead atoms. The van der Waals surface area contributed by atoms with E-state index in [1.807, 2.05) is 0 Å². The van der Waals surface area contributed by atoms with Gasteiger partial charge in [-0.05, 0) is 29.8 Å². The predicted molar refractivity (Wildman–Crippen MR) is 77.7 cm³/mol. The topological polar surface area (TPSA) is 75.6 Å². The van der Waals surface area contributed by atoms with Gasteiger partial charge in [0.1, 0.15) is 17.4 Å². The molecule has 2 heterocycles. The van der Waals surface area contributed by atoms with Gasteiger partial charge < -0.3 is 9.88 Å². The predicted octanol–water partition coefficient (Wildman–Crippen LogP) is 2.10. The number of halogens is 2. The minimum Gasteiger partial charge on any atom is -0.344 e. The molecule has 0 saturated heterocycles. The quantitative estimate of drug-likeness (QED) is 0.774. The maximum absolute atomic E-state index is 14.4. The molecule has 2 aromatic heterocycles. The standard InChI is InChI=1S/C15H13F2N5O/c1-9(23)19-14(13-8-18-21-20-13)10-6-11(16)15(12(17)7-10)22-4-2-3-5-22/h2-8,14H,1H3,(H,19,23)(H,18,20,21). The zero-order valence-electron chi connectivity index (χ0n) is 12.1. The number of nitrogens with zero attached hydrogens (tertiary/aromatic N) is 3. The first-order valence-electron chi connectivity index (χ1n) is 6.82. The zero-order chi connectivity index (χ0) is 16.4. The molecule has 6 nitrogen and oxygen atoms in total. The molecular weight excluding hydrogens is 304 g/mol. The number of aromatic nitrogens is 4. The van der Waals surface area contributed by atoms with E-state index in [0.29, 0.717) is 5.69 Å². The summed E-state index contributed by atoms with van der Waals surface area (Å²) in [5, 5.41) is 12.5. The van der Waals surface area contributed by atoms with Crippen molar-refractivity contribution < 1.29 is 13.6 Å². The van der Waals surface area contributed by atoms with Gasteiger partial charge in [-0.2, -0.15) is 0 Å². The number of H-pyrrole nitrogens is 1. The summed E-state index contributed by atoms with van der Waals surface area (Å²) in [6.45, 7) is 1.31. The normalized spacial score (nSPS) is 12.1. The minimum atomic E-state index is -0.797. The van der Waals surface area contributed by atoms with Crippen LogP contribution in [0.2, 0.25) is 0 Å². The molecule has 0 aliphatic heterocycles. The highest BCUT2D eigenvalue weighted by molar-refractivity contribution is 5.74. The molecule has 1 unspecified atom stereocenters. The van der Waals surface area contributed by atoms with Gasteiger partial charge >= 0.3 is 0 Å². The number of hydrogen-bond donors (Lipinski definition) is 2. The maximum atomic E-state index is 14.4. The number of amides is 1. The Morgan fingerprint density at radius 1 is 1.26 bits per heavy atom. The van der Waals surface area contributed by atoms with Crippen molar-refractivity contribution in [2.45, 2.75) is 13.0 Å². The van der Waals surface area contributed by atoms with Crippen LogP contribution in [0.5, 0.6) is 0 Å². The van der Waals surface area contributed by atoms with Gasteiger partial charge in [0.2, 0.25) is 5.91 Å². The summed E-state index contributed by atoms with van der Waals surface area (Å²) in [6, 6.07) is 4.89. The Morgan fingerprint density at radius 3 is 2.43 bits per heavy atom. The molecule has 0 radical (unpaired) electrons. The molecule has 0 spiro atoms. The van der Waals surface area contributed by atoms with Crippen molar-refractivity contribution in [2.24, 2.45) is 0 Å². The van der Waals surface area contributed by atoms with E-state index in [9.17, 15) is 13.6 Å². The van der Waals surface area contributed by atoms with E-state index in [2.05, 4.69) is 20.7 Å². The summed E-state index contributed by atoms with van der Waals surface area (Å²) in [5.41, 5.74) is 0.410. The van der Waals surface area contributed by atoms with Gasteiger partial charge in [-0.15, -0.1) is 5.10 Å². The number of carbonyl (C=O) groups excluding carboxylic acids is 1. The summed E-state index contributed by atoms with van der Waals surface area (Å²) < 4.78 is 30.1. The van der Waals surface area contributed by atoms with Crippen LogP contribution in [0.25, 0.3) is 5.69 Å². The van der Waals surface area contributed by atoms with Crippen LogP contribution in [0, 0.1) is 11.6 Å². The number of benzene rings is 1. The van der Waals surface area contributed by atoms with E-state index in [1.165, 1.54) is 29.8 Å². The smallest absolute Gasteiger partial charge is 0.217 e. The minimum absolute atomic E-state index is 0.180. The second-order valence-corrected chi connectivity index (χ2v) is 4.96. The average molecular weight is 317 g/mol. The van der Waals surface area contributed by atoms with Crippen molar-refractivity contribution in [3.8, 4) is 5.69 Å². The van der Waals surface area contributed by atoms with Crippen LogP contribution in [0.4, 0.5) is 8.78 Å². The molecule has 3 rings (SSSR count). The van der Waals surface area contributed by atoms with E-state index in [4.69, 9.17) is 0 Å². The Hall–Kier alpha value is -3.03. The van der Waals surface area contributed by atoms with E-state index in [-0.39, 0.29) is 17.2 Å². The van der Waals surface area contributed by atoms with Gasteiger partial charge in [0.25, 0.3) is 0 Å². The van der Waals surface area contributed by atoms with Crippen molar-refractivity contribution in [3.63, 3.8) is 0 Å². The lowest BCUT2D eigenvalue weighted by molar-refractivity contribution is -0.119. The highest BCUT2D eigenvalue weighted by atomic mass is 19.1. The van der Waals surface area contributed by atoms with Gasteiger partial charge in [0.05, 0.1) is 0 Å². The van der Waals surface area contributed by atoms with E-state index in [1.54, 1.807) is 24.5 Å². The third-order valence-corrected chi connectivity index (χ3v) is 3.31. The summed E-state index contributed by atoms with van der Waals surface area (Å²) in [6.07, 6.45) is 4.55. The molecule has 23 heavy (non-hydrogen) atoms.